The number of thioether (sulfide) groups is 1. The molecule has 0 radical (unpaired) electrons. The maximum absolute atomic E-state index is 12.1. The molecule has 2 fully saturated rings. The van der Waals surface area contributed by atoms with E-state index < -0.39 is 28.8 Å². The first-order valence-corrected chi connectivity index (χ1v) is 10.7. The number of carbonyl (C=O) groups is 4. The predicted octanol–water partition coefficient (Wildman–Crippen LogP) is 3.20. The number of anilines is 1. The molecule has 10 heteroatoms. The van der Waals surface area contributed by atoms with E-state index in [1.54, 1.807) is 26.8 Å². The average molecular weight is 448 g/mol. The van der Waals surface area contributed by atoms with Crippen LogP contribution in [0.25, 0.3) is 6.08 Å². The summed E-state index contributed by atoms with van der Waals surface area (Å²) in [6.45, 7) is 6.59. The third-order valence-corrected chi connectivity index (χ3v) is 5.50. The Labute approximate surface area is 184 Å². The van der Waals surface area contributed by atoms with Crippen LogP contribution in [-0.4, -0.2) is 53.0 Å². The topological polar surface area (TPSA) is 125 Å². The summed E-state index contributed by atoms with van der Waals surface area (Å²) in [6, 6.07) is 4.52. The highest BCUT2D eigenvalue weighted by molar-refractivity contribution is 8.18. The van der Waals surface area contributed by atoms with Gasteiger partial charge in [0.25, 0.3) is 11.1 Å². The molecule has 0 bridgehead atoms. The van der Waals surface area contributed by atoms with Crippen molar-refractivity contribution >= 4 is 46.7 Å². The van der Waals surface area contributed by atoms with E-state index in [0.29, 0.717) is 18.7 Å². The van der Waals surface area contributed by atoms with Gasteiger partial charge in [0, 0.05) is 24.8 Å². The molecule has 0 aliphatic carbocycles. The number of hydrogen-bond acceptors (Lipinski definition) is 7. The van der Waals surface area contributed by atoms with Crippen LogP contribution in [-0.2, 0) is 9.53 Å². The molecule has 0 spiro atoms. The van der Waals surface area contributed by atoms with E-state index in [2.05, 4.69) is 10.6 Å². The summed E-state index contributed by atoms with van der Waals surface area (Å²) in [6.07, 6.45) is 2.63. The molecule has 1 atom stereocenters. The smallest absolute Gasteiger partial charge is 0.407 e. The molecule has 3 rings (SSSR count). The highest BCUT2D eigenvalue weighted by atomic mass is 32.2. The molecule has 0 saturated carbocycles. The van der Waals surface area contributed by atoms with Crippen LogP contribution in [0.5, 0.6) is 0 Å². The van der Waals surface area contributed by atoms with E-state index in [1.807, 2.05) is 4.90 Å². The Balaban J connectivity index is 1.84. The van der Waals surface area contributed by atoms with Crippen LogP contribution < -0.4 is 15.5 Å². The molecular weight excluding hydrogens is 422 g/mol. The Morgan fingerprint density at radius 2 is 2.06 bits per heavy atom. The first-order chi connectivity index (χ1) is 14.5. The zero-order valence-electron chi connectivity index (χ0n) is 17.6. The molecule has 2 aliphatic heterocycles. The highest BCUT2D eigenvalue weighted by Gasteiger charge is 2.28. The number of imide groups is 1. The lowest BCUT2D eigenvalue weighted by atomic mass is 10.0. The molecule has 2 heterocycles. The first-order valence-electron chi connectivity index (χ1n) is 9.88. The first kappa shape index (κ1) is 22.7. The van der Waals surface area contributed by atoms with Gasteiger partial charge < -0.3 is 20.1 Å². The van der Waals surface area contributed by atoms with E-state index in [9.17, 15) is 24.3 Å². The number of hydrogen-bond donors (Lipinski definition) is 3. The van der Waals surface area contributed by atoms with E-state index in [4.69, 9.17) is 4.74 Å². The highest BCUT2D eigenvalue weighted by Crippen LogP contribution is 2.32. The second-order valence-corrected chi connectivity index (χ2v) is 9.38. The zero-order chi connectivity index (χ0) is 22.8. The number of nitrogens with one attached hydrogen (secondary N) is 2. The van der Waals surface area contributed by atoms with Gasteiger partial charge >= 0.3 is 12.1 Å². The lowest BCUT2D eigenvalue weighted by molar-refractivity contribution is -0.115. The van der Waals surface area contributed by atoms with Crippen LogP contribution in [0, 0.1) is 0 Å². The number of aromatic carboxylic acids is 1. The summed E-state index contributed by atoms with van der Waals surface area (Å²) >= 11 is 0.774. The largest absolute Gasteiger partial charge is 0.478 e. The van der Waals surface area contributed by atoms with Crippen LogP contribution in [0.3, 0.4) is 0 Å². The van der Waals surface area contributed by atoms with E-state index in [0.717, 1.165) is 30.3 Å². The van der Waals surface area contributed by atoms with Gasteiger partial charge in [-0.15, -0.1) is 0 Å². The third-order valence-electron chi connectivity index (χ3n) is 4.69. The lowest BCUT2D eigenvalue weighted by Gasteiger charge is -2.36. The Hall–Kier alpha value is -3.01. The molecule has 0 aromatic heterocycles. The van der Waals surface area contributed by atoms with Gasteiger partial charge in [-0.2, -0.15) is 0 Å². The van der Waals surface area contributed by atoms with Crippen molar-refractivity contribution < 1.29 is 29.0 Å². The van der Waals surface area contributed by atoms with Crippen LogP contribution in [0.4, 0.5) is 15.3 Å². The van der Waals surface area contributed by atoms with Crippen molar-refractivity contribution in [3.05, 3.63) is 34.2 Å². The second kappa shape index (κ2) is 9.01. The van der Waals surface area contributed by atoms with Crippen LogP contribution in [0.15, 0.2) is 23.1 Å². The molecule has 166 valence electrons. The van der Waals surface area contributed by atoms with E-state index in [1.165, 1.54) is 18.2 Å². The molecule has 9 nitrogen and oxygen atoms in total. The molecule has 0 unspecified atom stereocenters. The standard InChI is InChI=1S/C21H25N3O6S/c1-21(2,3)30-19(28)22-14-5-4-8-24(11-14)15-7-6-12(18(26)27)9-13(15)10-16-17(25)23-20(29)31-16/h6-7,9-10,14H,4-5,8,11H2,1-3H3,(H,22,28)(H,26,27)(H,23,25,29)/t14-/m1/s1. The molecule has 3 amide bonds. The SMILES string of the molecule is CC(C)(C)OC(=O)N[C@@H]1CCCN(c2ccc(C(=O)O)cc2C=C2SC(=O)NC2=O)C1. The Kier molecular flexibility index (Phi) is 6.59. The maximum Gasteiger partial charge on any atom is 0.407 e. The Morgan fingerprint density at radius 1 is 1.32 bits per heavy atom. The van der Waals surface area contributed by atoms with Crippen molar-refractivity contribution in [1.82, 2.24) is 10.6 Å². The average Bonchev–Trinajstić information content (AvgIpc) is 2.97. The van der Waals surface area contributed by atoms with Crippen LogP contribution >= 0.6 is 11.8 Å². The van der Waals surface area contributed by atoms with E-state index in [-0.39, 0.29) is 16.5 Å². The predicted molar refractivity (Wildman–Crippen MR) is 117 cm³/mol. The summed E-state index contributed by atoms with van der Waals surface area (Å²) < 4.78 is 5.34. The molecule has 2 saturated heterocycles. The van der Waals surface area contributed by atoms with Gasteiger partial charge in [-0.05, 0) is 75.2 Å². The molecule has 2 aliphatic rings. The van der Waals surface area contributed by atoms with Gasteiger partial charge in [0.1, 0.15) is 5.60 Å². The van der Waals surface area contributed by atoms with Crippen molar-refractivity contribution in [3.8, 4) is 0 Å². The Morgan fingerprint density at radius 3 is 2.68 bits per heavy atom. The quantitative estimate of drug-likeness (QED) is 0.601. The fraction of sp³-hybridized carbons (Fsp3) is 0.429. The van der Waals surface area contributed by atoms with Gasteiger partial charge in [0.2, 0.25) is 0 Å². The summed E-state index contributed by atoms with van der Waals surface area (Å²) in [5.74, 6) is -1.60. The summed E-state index contributed by atoms with van der Waals surface area (Å²) in [5.41, 5.74) is 0.721. The lowest BCUT2D eigenvalue weighted by Crippen LogP contribution is -2.49. The number of ether oxygens (including phenoxy) is 1. The number of carboxylic acids is 1. The third kappa shape index (κ3) is 6.00. The summed E-state index contributed by atoms with van der Waals surface area (Å²) in [7, 11) is 0. The van der Waals surface area contributed by atoms with Crippen LogP contribution in [0.2, 0.25) is 0 Å². The number of piperidine rings is 1. The van der Waals surface area contributed by atoms with Crippen molar-refractivity contribution in [2.45, 2.75) is 45.3 Å². The van der Waals surface area contributed by atoms with Crippen molar-refractivity contribution in [3.63, 3.8) is 0 Å². The summed E-state index contributed by atoms with van der Waals surface area (Å²) in [4.78, 5) is 49.3. The van der Waals surface area contributed by atoms with Gasteiger partial charge in [-0.1, -0.05) is 0 Å². The summed E-state index contributed by atoms with van der Waals surface area (Å²) in [5, 5.41) is 14.0. The molecule has 1 aromatic carbocycles. The van der Waals surface area contributed by atoms with Gasteiger partial charge in [0.15, 0.2) is 0 Å². The number of nitrogens with zero attached hydrogens (tertiary/aromatic N) is 1. The minimum absolute atomic E-state index is 0.0748. The molecule has 1 aromatic rings. The normalized spacial score (nSPS) is 20.5. The molecule has 31 heavy (non-hydrogen) atoms. The molecule has 3 N–H and O–H groups in total. The number of carbonyl (C=O) groups excluding carboxylic acids is 3. The van der Waals surface area contributed by atoms with Gasteiger partial charge in [0.05, 0.1) is 10.5 Å². The second-order valence-electron chi connectivity index (χ2n) is 8.36. The number of rotatable bonds is 4. The van der Waals surface area contributed by atoms with Crippen LogP contribution in [0.1, 0.15) is 49.5 Å². The fourth-order valence-electron chi connectivity index (χ4n) is 3.44. The van der Waals surface area contributed by atoms with Crippen molar-refractivity contribution in [1.29, 1.82) is 0 Å². The minimum atomic E-state index is -1.09. The fourth-order valence-corrected chi connectivity index (χ4v) is 4.11. The van der Waals surface area contributed by atoms with Crippen molar-refractivity contribution in [2.24, 2.45) is 0 Å². The minimum Gasteiger partial charge on any atom is -0.478 e. The van der Waals surface area contributed by atoms with Gasteiger partial charge in [-0.3, -0.25) is 14.9 Å². The number of carboxylic acid groups (broad SMARTS) is 1. The van der Waals surface area contributed by atoms with Crippen molar-refractivity contribution in [2.75, 3.05) is 18.0 Å². The number of benzene rings is 1. The molecular formula is C21H25N3O6S. The van der Waals surface area contributed by atoms with E-state index >= 15 is 0 Å². The monoisotopic (exact) mass is 447 g/mol. The number of amides is 3. The van der Waals surface area contributed by atoms with Gasteiger partial charge in [-0.25, -0.2) is 9.59 Å². The Bertz CT molecular complexity index is 953. The number of alkyl carbamates (subject to hydrolysis) is 1. The maximum atomic E-state index is 12.1. The zero-order valence-corrected chi connectivity index (χ0v) is 18.4.